The number of aromatic nitrogens is 1. The second-order valence-corrected chi connectivity index (χ2v) is 4.60. The molecular formula is C16H18FN3O. The van der Waals surface area contributed by atoms with Gasteiger partial charge in [0.1, 0.15) is 11.5 Å². The van der Waals surface area contributed by atoms with Gasteiger partial charge < -0.3 is 10.6 Å². The van der Waals surface area contributed by atoms with Gasteiger partial charge in [-0.05, 0) is 43.2 Å². The van der Waals surface area contributed by atoms with Gasteiger partial charge in [-0.3, -0.25) is 4.79 Å². The van der Waals surface area contributed by atoms with Gasteiger partial charge in [-0.15, -0.1) is 0 Å². The Bertz CT molecular complexity index is 599. The molecular weight excluding hydrogens is 269 g/mol. The minimum atomic E-state index is -0.264. The van der Waals surface area contributed by atoms with Crippen molar-refractivity contribution in [3.8, 4) is 0 Å². The van der Waals surface area contributed by atoms with E-state index < -0.39 is 0 Å². The Morgan fingerprint density at radius 3 is 2.81 bits per heavy atom. The number of benzene rings is 1. The molecule has 0 spiro atoms. The zero-order chi connectivity index (χ0) is 15.1. The first-order valence-corrected chi connectivity index (χ1v) is 6.91. The van der Waals surface area contributed by atoms with E-state index in [0.717, 1.165) is 17.8 Å². The molecule has 0 aliphatic heterocycles. The van der Waals surface area contributed by atoms with Crippen molar-refractivity contribution in [1.82, 2.24) is 10.3 Å². The normalized spacial score (nSPS) is 10.2. The lowest BCUT2D eigenvalue weighted by Crippen LogP contribution is -2.26. The summed E-state index contributed by atoms with van der Waals surface area (Å²) in [6.07, 6.45) is 2.21. The molecule has 0 radical (unpaired) electrons. The summed E-state index contributed by atoms with van der Waals surface area (Å²) >= 11 is 0. The maximum Gasteiger partial charge on any atom is 0.269 e. The third-order valence-electron chi connectivity index (χ3n) is 2.97. The molecule has 5 heteroatoms. The van der Waals surface area contributed by atoms with Crippen LogP contribution in [0.5, 0.6) is 0 Å². The van der Waals surface area contributed by atoms with Gasteiger partial charge in [-0.2, -0.15) is 0 Å². The van der Waals surface area contributed by atoms with Gasteiger partial charge in [0.15, 0.2) is 0 Å². The van der Waals surface area contributed by atoms with Crippen molar-refractivity contribution in [3.63, 3.8) is 0 Å². The molecule has 0 fully saturated rings. The summed E-state index contributed by atoms with van der Waals surface area (Å²) in [6.45, 7) is 3.24. The summed E-state index contributed by atoms with van der Waals surface area (Å²) in [6, 6.07) is 9.85. The van der Waals surface area contributed by atoms with E-state index in [2.05, 4.69) is 15.6 Å². The average Bonchev–Trinajstić information content (AvgIpc) is 2.48. The minimum Gasteiger partial charge on any atom is -0.384 e. The predicted octanol–water partition coefficient (Wildman–Crippen LogP) is 2.63. The van der Waals surface area contributed by atoms with Crippen LogP contribution in [0.3, 0.4) is 0 Å². The Morgan fingerprint density at radius 2 is 2.14 bits per heavy atom. The van der Waals surface area contributed by atoms with Crippen LogP contribution >= 0.6 is 0 Å². The summed E-state index contributed by atoms with van der Waals surface area (Å²) in [5, 5.41) is 5.89. The van der Waals surface area contributed by atoms with Gasteiger partial charge in [0.25, 0.3) is 5.91 Å². The number of carbonyl (C=O) groups excluding carboxylic acids is 1. The maximum atomic E-state index is 13.0. The number of hydrogen-bond acceptors (Lipinski definition) is 3. The Balaban J connectivity index is 1.84. The van der Waals surface area contributed by atoms with Gasteiger partial charge in [-0.25, -0.2) is 9.37 Å². The topological polar surface area (TPSA) is 54.0 Å². The van der Waals surface area contributed by atoms with Crippen molar-refractivity contribution in [3.05, 3.63) is 59.7 Å². The van der Waals surface area contributed by atoms with Crippen molar-refractivity contribution < 1.29 is 9.18 Å². The molecule has 0 aliphatic carbocycles. The maximum absolute atomic E-state index is 13.0. The highest BCUT2D eigenvalue weighted by Gasteiger charge is 2.06. The quantitative estimate of drug-likeness (QED) is 0.858. The molecule has 1 heterocycles. The lowest BCUT2D eigenvalue weighted by Gasteiger charge is -2.06. The van der Waals surface area contributed by atoms with Crippen LogP contribution in [-0.4, -0.2) is 24.0 Å². The standard InChI is InChI=1S/C16H18FN3O/c1-2-18-14-6-7-15(20-11-14)16(21)19-9-8-12-4-3-5-13(17)10-12/h3-7,10-11,18H,2,8-9H2,1H3,(H,19,21). The molecule has 2 aromatic rings. The van der Waals surface area contributed by atoms with Gasteiger partial charge >= 0.3 is 0 Å². The van der Waals surface area contributed by atoms with Crippen LogP contribution in [0.2, 0.25) is 0 Å². The minimum absolute atomic E-state index is 0.227. The van der Waals surface area contributed by atoms with Crippen LogP contribution in [0.25, 0.3) is 0 Å². The second-order valence-electron chi connectivity index (χ2n) is 4.60. The highest BCUT2D eigenvalue weighted by Crippen LogP contribution is 2.06. The summed E-state index contributed by atoms with van der Waals surface area (Å²) in [7, 11) is 0. The number of hydrogen-bond donors (Lipinski definition) is 2. The van der Waals surface area contributed by atoms with E-state index in [-0.39, 0.29) is 11.7 Å². The number of anilines is 1. The molecule has 110 valence electrons. The molecule has 0 aliphatic rings. The lowest BCUT2D eigenvalue weighted by atomic mass is 10.1. The van der Waals surface area contributed by atoms with Gasteiger partial charge in [0.05, 0.1) is 11.9 Å². The van der Waals surface area contributed by atoms with Crippen LogP contribution in [-0.2, 0) is 6.42 Å². The van der Waals surface area contributed by atoms with E-state index in [0.29, 0.717) is 18.7 Å². The summed E-state index contributed by atoms with van der Waals surface area (Å²) in [4.78, 5) is 16.0. The first kappa shape index (κ1) is 15.0. The van der Waals surface area contributed by atoms with Crippen molar-refractivity contribution in [2.75, 3.05) is 18.4 Å². The monoisotopic (exact) mass is 287 g/mol. The van der Waals surface area contributed by atoms with E-state index >= 15 is 0 Å². The Morgan fingerprint density at radius 1 is 1.29 bits per heavy atom. The van der Waals surface area contributed by atoms with E-state index in [1.54, 1.807) is 18.3 Å². The molecule has 0 atom stereocenters. The second kappa shape index (κ2) is 7.38. The molecule has 0 saturated carbocycles. The third kappa shape index (κ3) is 4.56. The van der Waals surface area contributed by atoms with Crippen LogP contribution in [0.4, 0.5) is 10.1 Å². The molecule has 2 N–H and O–H groups in total. The Labute approximate surface area is 123 Å². The number of pyridine rings is 1. The molecule has 0 unspecified atom stereocenters. The molecule has 1 amide bonds. The molecule has 4 nitrogen and oxygen atoms in total. The molecule has 2 rings (SSSR count). The number of nitrogens with zero attached hydrogens (tertiary/aromatic N) is 1. The smallest absolute Gasteiger partial charge is 0.269 e. The number of halogens is 1. The van der Waals surface area contributed by atoms with Gasteiger partial charge in [0.2, 0.25) is 0 Å². The van der Waals surface area contributed by atoms with Crippen LogP contribution in [0.15, 0.2) is 42.6 Å². The number of nitrogens with one attached hydrogen (secondary N) is 2. The van der Waals surface area contributed by atoms with Gasteiger partial charge in [0, 0.05) is 13.1 Å². The van der Waals surface area contributed by atoms with Gasteiger partial charge in [-0.1, -0.05) is 12.1 Å². The first-order chi connectivity index (χ1) is 10.2. The fourth-order valence-electron chi connectivity index (χ4n) is 1.94. The number of rotatable bonds is 6. The summed E-state index contributed by atoms with van der Waals surface area (Å²) < 4.78 is 13.0. The SMILES string of the molecule is CCNc1ccc(C(=O)NCCc2cccc(F)c2)nc1. The molecule has 0 saturated heterocycles. The van der Waals surface area contributed by atoms with E-state index in [9.17, 15) is 9.18 Å². The molecule has 0 bridgehead atoms. The van der Waals surface area contributed by atoms with Crippen molar-refractivity contribution in [2.45, 2.75) is 13.3 Å². The first-order valence-electron chi connectivity index (χ1n) is 6.91. The zero-order valence-corrected chi connectivity index (χ0v) is 11.9. The van der Waals surface area contributed by atoms with E-state index in [1.165, 1.54) is 12.1 Å². The van der Waals surface area contributed by atoms with E-state index in [1.807, 2.05) is 19.1 Å². The van der Waals surface area contributed by atoms with Crippen molar-refractivity contribution in [1.29, 1.82) is 0 Å². The largest absolute Gasteiger partial charge is 0.384 e. The Hall–Kier alpha value is -2.43. The van der Waals surface area contributed by atoms with Crippen molar-refractivity contribution >= 4 is 11.6 Å². The average molecular weight is 287 g/mol. The molecule has 1 aromatic carbocycles. The molecule has 1 aromatic heterocycles. The summed E-state index contributed by atoms with van der Waals surface area (Å²) in [5.41, 5.74) is 2.11. The highest BCUT2D eigenvalue weighted by atomic mass is 19.1. The summed E-state index contributed by atoms with van der Waals surface area (Å²) in [5.74, 6) is -0.492. The van der Waals surface area contributed by atoms with Crippen LogP contribution in [0, 0.1) is 5.82 Å². The van der Waals surface area contributed by atoms with Crippen LogP contribution < -0.4 is 10.6 Å². The Kier molecular flexibility index (Phi) is 5.26. The van der Waals surface area contributed by atoms with Crippen LogP contribution in [0.1, 0.15) is 23.0 Å². The third-order valence-corrected chi connectivity index (χ3v) is 2.97. The lowest BCUT2D eigenvalue weighted by molar-refractivity contribution is 0.0949. The molecule has 21 heavy (non-hydrogen) atoms. The zero-order valence-electron chi connectivity index (χ0n) is 11.9. The predicted molar refractivity (Wildman–Crippen MR) is 80.8 cm³/mol. The van der Waals surface area contributed by atoms with E-state index in [4.69, 9.17) is 0 Å². The highest BCUT2D eigenvalue weighted by molar-refractivity contribution is 5.92. The fraction of sp³-hybridized carbons (Fsp3) is 0.250. The van der Waals surface area contributed by atoms with Crippen molar-refractivity contribution in [2.24, 2.45) is 0 Å². The number of carbonyl (C=O) groups is 1. The fourth-order valence-corrected chi connectivity index (χ4v) is 1.94. The number of amides is 1.